The van der Waals surface area contributed by atoms with E-state index in [0.717, 1.165) is 12.8 Å². The summed E-state index contributed by atoms with van der Waals surface area (Å²) < 4.78 is 18.9. The normalized spacial score (nSPS) is 10.2. The fourth-order valence-electron chi connectivity index (χ4n) is 1.67. The molecule has 19 heavy (non-hydrogen) atoms. The summed E-state index contributed by atoms with van der Waals surface area (Å²) in [6, 6.07) is 4.35. The standard InChI is InChI=1S/C16H21FO2/c1-3-13(4-2)12-19-16-9-8-15(17)11-14(16)7-5-6-10-18/h8-9,11,13,18H,3-4,6,10,12H2,1-2H3. The maximum atomic E-state index is 13.2. The van der Waals surface area contributed by atoms with Crippen LogP contribution in [0.4, 0.5) is 4.39 Å². The monoisotopic (exact) mass is 264 g/mol. The molecule has 0 aliphatic carbocycles. The van der Waals surface area contributed by atoms with Gasteiger partial charge >= 0.3 is 0 Å². The van der Waals surface area contributed by atoms with Crippen LogP contribution < -0.4 is 4.74 Å². The third-order valence-electron chi connectivity index (χ3n) is 3.03. The van der Waals surface area contributed by atoms with E-state index in [-0.39, 0.29) is 12.4 Å². The van der Waals surface area contributed by atoms with E-state index < -0.39 is 0 Å². The largest absolute Gasteiger partial charge is 0.492 e. The van der Waals surface area contributed by atoms with Crippen molar-refractivity contribution in [3.05, 3.63) is 29.6 Å². The molecule has 0 radical (unpaired) electrons. The molecule has 1 aromatic rings. The first-order valence-corrected chi connectivity index (χ1v) is 6.73. The van der Waals surface area contributed by atoms with Gasteiger partial charge in [-0.1, -0.05) is 38.5 Å². The predicted molar refractivity (Wildman–Crippen MR) is 74.5 cm³/mol. The van der Waals surface area contributed by atoms with Crippen LogP contribution in [-0.2, 0) is 0 Å². The van der Waals surface area contributed by atoms with Gasteiger partial charge in [0, 0.05) is 6.42 Å². The number of benzene rings is 1. The van der Waals surface area contributed by atoms with Crippen LogP contribution in [0.1, 0.15) is 38.7 Å². The summed E-state index contributed by atoms with van der Waals surface area (Å²) in [6.45, 7) is 4.88. The molecular formula is C16H21FO2. The van der Waals surface area contributed by atoms with Gasteiger partial charge in [0.05, 0.1) is 18.8 Å². The third kappa shape index (κ3) is 5.32. The Balaban J connectivity index is 2.79. The lowest BCUT2D eigenvalue weighted by Gasteiger charge is -2.14. The number of aliphatic hydroxyl groups excluding tert-OH is 1. The molecule has 1 rings (SSSR count). The Labute approximate surface area is 114 Å². The molecule has 2 nitrogen and oxygen atoms in total. The number of aliphatic hydroxyl groups is 1. The highest BCUT2D eigenvalue weighted by Crippen LogP contribution is 2.20. The Morgan fingerprint density at radius 3 is 2.68 bits per heavy atom. The summed E-state index contributed by atoms with van der Waals surface area (Å²) in [6.07, 6.45) is 2.49. The van der Waals surface area contributed by atoms with E-state index in [4.69, 9.17) is 9.84 Å². The summed E-state index contributed by atoms with van der Waals surface area (Å²) in [7, 11) is 0. The van der Waals surface area contributed by atoms with Crippen molar-refractivity contribution in [3.8, 4) is 17.6 Å². The molecule has 3 heteroatoms. The number of rotatable bonds is 6. The smallest absolute Gasteiger partial charge is 0.135 e. The van der Waals surface area contributed by atoms with Crippen LogP contribution in [-0.4, -0.2) is 18.3 Å². The van der Waals surface area contributed by atoms with Crippen LogP contribution >= 0.6 is 0 Å². The van der Waals surface area contributed by atoms with Crippen LogP contribution in [0.5, 0.6) is 5.75 Å². The van der Waals surface area contributed by atoms with E-state index in [1.54, 1.807) is 6.07 Å². The molecule has 0 atom stereocenters. The Morgan fingerprint density at radius 1 is 1.32 bits per heavy atom. The minimum atomic E-state index is -0.330. The average molecular weight is 264 g/mol. The molecule has 0 fully saturated rings. The predicted octanol–water partition coefficient (Wildman–Crippen LogP) is 3.37. The number of halogens is 1. The lowest BCUT2D eigenvalue weighted by molar-refractivity contribution is 0.240. The summed E-state index contributed by atoms with van der Waals surface area (Å²) >= 11 is 0. The quantitative estimate of drug-likeness (QED) is 0.798. The van der Waals surface area contributed by atoms with Crippen molar-refractivity contribution < 1.29 is 14.2 Å². The van der Waals surface area contributed by atoms with Crippen LogP contribution in [0.25, 0.3) is 0 Å². The molecule has 0 spiro atoms. The van der Waals surface area contributed by atoms with Crippen LogP contribution in [0.15, 0.2) is 18.2 Å². The second-order valence-electron chi connectivity index (χ2n) is 4.41. The molecule has 0 unspecified atom stereocenters. The van der Waals surface area contributed by atoms with Gasteiger partial charge in [0.2, 0.25) is 0 Å². The molecule has 0 saturated carbocycles. The third-order valence-corrected chi connectivity index (χ3v) is 3.03. The van der Waals surface area contributed by atoms with Crippen molar-refractivity contribution in [3.63, 3.8) is 0 Å². The molecule has 1 aromatic carbocycles. The van der Waals surface area contributed by atoms with E-state index in [9.17, 15) is 4.39 Å². The maximum absolute atomic E-state index is 13.2. The molecule has 1 N–H and O–H groups in total. The highest BCUT2D eigenvalue weighted by molar-refractivity contribution is 5.46. The van der Waals surface area contributed by atoms with Crippen molar-refractivity contribution in [2.24, 2.45) is 5.92 Å². The topological polar surface area (TPSA) is 29.5 Å². The maximum Gasteiger partial charge on any atom is 0.135 e. The zero-order chi connectivity index (χ0) is 14.1. The van der Waals surface area contributed by atoms with Gasteiger partial charge in [0.25, 0.3) is 0 Å². The summed E-state index contributed by atoms with van der Waals surface area (Å²) in [5.74, 6) is 6.41. The lowest BCUT2D eigenvalue weighted by atomic mass is 10.1. The zero-order valence-electron chi connectivity index (χ0n) is 11.6. The first-order valence-electron chi connectivity index (χ1n) is 6.73. The number of ether oxygens (including phenoxy) is 1. The molecule has 0 amide bonds. The van der Waals surface area contributed by atoms with Gasteiger partial charge in [0.15, 0.2) is 0 Å². The molecule has 0 aliphatic heterocycles. The van der Waals surface area contributed by atoms with Crippen LogP contribution in [0, 0.1) is 23.6 Å². The van der Waals surface area contributed by atoms with Gasteiger partial charge in [-0.15, -0.1) is 0 Å². The lowest BCUT2D eigenvalue weighted by Crippen LogP contribution is -2.10. The zero-order valence-corrected chi connectivity index (χ0v) is 11.6. The molecule has 0 bridgehead atoms. The Morgan fingerprint density at radius 2 is 2.05 bits per heavy atom. The minimum absolute atomic E-state index is 0.00620. The summed E-state index contributed by atoms with van der Waals surface area (Å²) in [5, 5.41) is 8.70. The average Bonchev–Trinajstić information content (AvgIpc) is 2.42. The van der Waals surface area contributed by atoms with Crippen molar-refractivity contribution in [1.29, 1.82) is 0 Å². The van der Waals surface area contributed by atoms with Gasteiger partial charge in [-0.05, 0) is 24.1 Å². The van der Waals surface area contributed by atoms with E-state index in [2.05, 4.69) is 25.7 Å². The summed E-state index contributed by atoms with van der Waals surface area (Å²) in [4.78, 5) is 0. The van der Waals surface area contributed by atoms with Crippen LogP contribution in [0.2, 0.25) is 0 Å². The first kappa shape index (κ1) is 15.5. The van der Waals surface area contributed by atoms with E-state index >= 15 is 0 Å². The van der Waals surface area contributed by atoms with E-state index in [0.29, 0.717) is 30.3 Å². The number of hydrogen-bond acceptors (Lipinski definition) is 2. The molecule has 0 heterocycles. The molecule has 0 aliphatic rings. The second kappa shape index (κ2) is 8.55. The van der Waals surface area contributed by atoms with Crippen molar-refractivity contribution >= 4 is 0 Å². The van der Waals surface area contributed by atoms with Crippen LogP contribution in [0.3, 0.4) is 0 Å². The van der Waals surface area contributed by atoms with Crippen molar-refractivity contribution in [1.82, 2.24) is 0 Å². The van der Waals surface area contributed by atoms with Gasteiger partial charge < -0.3 is 9.84 Å². The second-order valence-corrected chi connectivity index (χ2v) is 4.41. The Kier molecular flexibility index (Phi) is 6.99. The SMILES string of the molecule is CCC(CC)COc1ccc(F)cc1C#CCCO. The van der Waals surface area contributed by atoms with Gasteiger partial charge in [-0.2, -0.15) is 0 Å². The summed E-state index contributed by atoms with van der Waals surface area (Å²) in [5.41, 5.74) is 0.541. The Bertz CT molecular complexity index is 442. The molecule has 104 valence electrons. The van der Waals surface area contributed by atoms with Gasteiger partial charge in [-0.25, -0.2) is 4.39 Å². The fraction of sp³-hybridized carbons (Fsp3) is 0.500. The molecule has 0 saturated heterocycles. The van der Waals surface area contributed by atoms with Crippen molar-refractivity contribution in [2.75, 3.05) is 13.2 Å². The van der Waals surface area contributed by atoms with Gasteiger partial charge in [-0.3, -0.25) is 0 Å². The fourth-order valence-corrected chi connectivity index (χ4v) is 1.67. The minimum Gasteiger partial charge on any atom is -0.492 e. The number of hydrogen-bond donors (Lipinski definition) is 1. The highest BCUT2D eigenvalue weighted by atomic mass is 19.1. The molecular weight excluding hydrogens is 243 g/mol. The van der Waals surface area contributed by atoms with E-state index in [1.807, 2.05) is 0 Å². The molecule has 0 aromatic heterocycles. The van der Waals surface area contributed by atoms with Crippen molar-refractivity contribution in [2.45, 2.75) is 33.1 Å². The highest BCUT2D eigenvalue weighted by Gasteiger charge is 2.07. The van der Waals surface area contributed by atoms with E-state index in [1.165, 1.54) is 12.1 Å². The van der Waals surface area contributed by atoms with Gasteiger partial charge in [0.1, 0.15) is 11.6 Å². The first-order chi connectivity index (χ1) is 9.21. The Hall–Kier alpha value is -1.53.